The van der Waals surface area contributed by atoms with Crippen LogP contribution in [0.1, 0.15) is 11.3 Å². The number of nitrogens with one attached hydrogen (secondary N) is 1. The maximum atomic E-state index is 12.3. The molecule has 150 valence electrons. The van der Waals surface area contributed by atoms with Gasteiger partial charge < -0.3 is 9.64 Å². The average Bonchev–Trinajstić information content (AvgIpc) is 3.15. The molecule has 3 aromatic rings. The van der Waals surface area contributed by atoms with Crippen molar-refractivity contribution >= 4 is 34.1 Å². The van der Waals surface area contributed by atoms with E-state index in [1.165, 1.54) is 11.3 Å². The first-order valence-corrected chi connectivity index (χ1v) is 10.4. The highest BCUT2D eigenvalue weighted by atomic mass is 35.5. The molecule has 0 aliphatic heterocycles. The van der Waals surface area contributed by atoms with Crippen molar-refractivity contribution in [1.82, 2.24) is 19.9 Å². The Balaban J connectivity index is 1.62. The Morgan fingerprint density at radius 2 is 2.14 bits per heavy atom. The first-order chi connectivity index (χ1) is 14.1. The number of amides is 2. The molecule has 0 unspecified atom stereocenters. The number of carbonyl (C=O) groups is 1. The van der Waals surface area contributed by atoms with Crippen LogP contribution in [0.5, 0.6) is 0 Å². The largest absolute Gasteiger partial charge is 0.383 e. The van der Waals surface area contributed by atoms with Crippen molar-refractivity contribution in [3.63, 3.8) is 0 Å². The number of likely N-dealkylation sites (N-methyl/N-ethyl adjacent to an activating group) is 1. The van der Waals surface area contributed by atoms with Gasteiger partial charge >= 0.3 is 6.03 Å². The van der Waals surface area contributed by atoms with Crippen LogP contribution in [0.3, 0.4) is 0 Å². The standard InChI is InChI=1S/C20H20ClN5O2S/c1-26(9-10-28-2)20(27)25-19-23-15-8-7-12-11-22-18(24-16(12)17(15)29-19)13-5-3-4-6-14(13)21/h3-6,11H,7-10H2,1-2H3,(H,23,25,27). The summed E-state index contributed by atoms with van der Waals surface area (Å²) >= 11 is 7.75. The van der Waals surface area contributed by atoms with Crippen LogP contribution in [0.15, 0.2) is 30.5 Å². The highest BCUT2D eigenvalue weighted by Gasteiger charge is 2.24. The van der Waals surface area contributed by atoms with Crippen LogP contribution in [-0.2, 0) is 17.6 Å². The van der Waals surface area contributed by atoms with Crippen molar-refractivity contribution in [1.29, 1.82) is 0 Å². The smallest absolute Gasteiger partial charge is 0.323 e. The van der Waals surface area contributed by atoms with E-state index in [1.54, 1.807) is 19.1 Å². The predicted molar refractivity (Wildman–Crippen MR) is 115 cm³/mol. The molecule has 0 bridgehead atoms. The lowest BCUT2D eigenvalue weighted by Crippen LogP contribution is -2.33. The van der Waals surface area contributed by atoms with Crippen LogP contribution >= 0.6 is 22.9 Å². The van der Waals surface area contributed by atoms with Gasteiger partial charge in [0.05, 0.1) is 27.9 Å². The second-order valence-corrected chi connectivity index (χ2v) is 8.09. The highest BCUT2D eigenvalue weighted by molar-refractivity contribution is 7.19. The van der Waals surface area contributed by atoms with E-state index in [9.17, 15) is 4.79 Å². The van der Waals surface area contributed by atoms with Gasteiger partial charge in [-0.3, -0.25) is 5.32 Å². The Hall–Kier alpha value is -2.55. The third kappa shape index (κ3) is 4.10. The number of fused-ring (bicyclic) bond motifs is 3. The van der Waals surface area contributed by atoms with Gasteiger partial charge in [0.1, 0.15) is 0 Å². The van der Waals surface area contributed by atoms with E-state index in [0.29, 0.717) is 29.1 Å². The molecule has 1 aliphatic carbocycles. The molecule has 2 aromatic heterocycles. The van der Waals surface area contributed by atoms with Crippen molar-refractivity contribution < 1.29 is 9.53 Å². The van der Waals surface area contributed by atoms with Crippen LogP contribution in [0.25, 0.3) is 22.0 Å². The van der Waals surface area contributed by atoms with Crippen LogP contribution < -0.4 is 5.32 Å². The van der Waals surface area contributed by atoms with E-state index in [4.69, 9.17) is 21.3 Å². The average molecular weight is 430 g/mol. The summed E-state index contributed by atoms with van der Waals surface area (Å²) < 4.78 is 5.02. The molecule has 1 aliphatic rings. The molecule has 29 heavy (non-hydrogen) atoms. The van der Waals surface area contributed by atoms with Gasteiger partial charge in [-0.05, 0) is 30.5 Å². The van der Waals surface area contributed by atoms with Gasteiger partial charge in [-0.1, -0.05) is 35.1 Å². The first kappa shape index (κ1) is 19.8. The van der Waals surface area contributed by atoms with E-state index in [-0.39, 0.29) is 6.03 Å². The van der Waals surface area contributed by atoms with E-state index in [1.807, 2.05) is 30.5 Å². The number of aryl methyl sites for hydroxylation is 2. The highest BCUT2D eigenvalue weighted by Crippen LogP contribution is 2.39. The first-order valence-electron chi connectivity index (χ1n) is 9.18. The minimum atomic E-state index is -0.215. The van der Waals surface area contributed by atoms with Gasteiger partial charge in [0.15, 0.2) is 11.0 Å². The summed E-state index contributed by atoms with van der Waals surface area (Å²) in [6.07, 6.45) is 3.47. The third-order valence-electron chi connectivity index (χ3n) is 4.71. The van der Waals surface area contributed by atoms with Crippen molar-refractivity contribution in [3.05, 3.63) is 46.7 Å². The van der Waals surface area contributed by atoms with E-state index in [0.717, 1.165) is 40.2 Å². The lowest BCUT2D eigenvalue weighted by Gasteiger charge is -2.15. The zero-order valence-electron chi connectivity index (χ0n) is 16.1. The molecule has 2 heterocycles. The lowest BCUT2D eigenvalue weighted by atomic mass is 9.99. The minimum Gasteiger partial charge on any atom is -0.383 e. The molecule has 0 radical (unpaired) electrons. The molecule has 4 rings (SSSR count). The molecule has 2 amide bonds. The maximum absolute atomic E-state index is 12.3. The Labute approximate surface area is 177 Å². The normalized spacial score (nSPS) is 12.2. The molecule has 0 fully saturated rings. The SMILES string of the molecule is COCCN(C)C(=O)Nc1nc2c(s1)-c1nc(-c3ccccc3Cl)ncc1CC2. The Kier molecular flexibility index (Phi) is 5.75. The second-order valence-electron chi connectivity index (χ2n) is 6.69. The zero-order valence-corrected chi connectivity index (χ0v) is 17.7. The molecule has 1 N–H and O–H groups in total. The number of anilines is 1. The van der Waals surface area contributed by atoms with E-state index in [2.05, 4.69) is 15.3 Å². The van der Waals surface area contributed by atoms with Crippen molar-refractivity contribution in [3.8, 4) is 22.0 Å². The fourth-order valence-electron chi connectivity index (χ4n) is 3.09. The maximum Gasteiger partial charge on any atom is 0.323 e. The second kappa shape index (κ2) is 8.44. The number of urea groups is 1. The fourth-order valence-corrected chi connectivity index (χ4v) is 4.33. The summed E-state index contributed by atoms with van der Waals surface area (Å²) in [4.78, 5) is 28.8. The van der Waals surface area contributed by atoms with Crippen LogP contribution in [0.2, 0.25) is 5.02 Å². The van der Waals surface area contributed by atoms with E-state index < -0.39 is 0 Å². The summed E-state index contributed by atoms with van der Waals surface area (Å²) in [7, 11) is 3.33. The van der Waals surface area contributed by atoms with E-state index >= 15 is 0 Å². The number of ether oxygens (including phenoxy) is 1. The number of halogens is 1. The zero-order chi connectivity index (χ0) is 20.4. The van der Waals surface area contributed by atoms with Crippen LogP contribution in [0, 0.1) is 0 Å². The molecule has 0 saturated carbocycles. The number of hydrogen-bond donors (Lipinski definition) is 1. The number of methoxy groups -OCH3 is 1. The number of benzene rings is 1. The number of aromatic nitrogens is 3. The molecule has 0 spiro atoms. The lowest BCUT2D eigenvalue weighted by molar-refractivity contribution is 0.165. The van der Waals surface area contributed by atoms with Gasteiger partial charge in [0.2, 0.25) is 0 Å². The van der Waals surface area contributed by atoms with Crippen molar-refractivity contribution in [2.24, 2.45) is 0 Å². The van der Waals surface area contributed by atoms with Gasteiger partial charge in [0, 0.05) is 32.5 Å². The summed E-state index contributed by atoms with van der Waals surface area (Å²) in [5.74, 6) is 0.584. The quantitative estimate of drug-likeness (QED) is 0.659. The number of hydrogen-bond acceptors (Lipinski definition) is 6. The van der Waals surface area contributed by atoms with Gasteiger partial charge in [-0.15, -0.1) is 0 Å². The molecule has 9 heteroatoms. The number of nitrogens with zero attached hydrogens (tertiary/aromatic N) is 4. The van der Waals surface area contributed by atoms with Crippen molar-refractivity contribution in [2.75, 3.05) is 32.6 Å². The van der Waals surface area contributed by atoms with Crippen molar-refractivity contribution in [2.45, 2.75) is 12.8 Å². The summed E-state index contributed by atoms with van der Waals surface area (Å²) in [5, 5.41) is 4.04. The Morgan fingerprint density at radius 3 is 2.93 bits per heavy atom. The summed E-state index contributed by atoms with van der Waals surface area (Å²) in [6, 6.07) is 7.31. The molecular weight excluding hydrogens is 410 g/mol. The Bertz CT molecular complexity index is 1060. The number of carbonyl (C=O) groups excluding carboxylic acids is 1. The third-order valence-corrected chi connectivity index (χ3v) is 6.06. The molecule has 7 nitrogen and oxygen atoms in total. The molecule has 1 aromatic carbocycles. The topological polar surface area (TPSA) is 80.2 Å². The molecular formula is C20H20ClN5O2S. The van der Waals surface area contributed by atoms with Crippen LogP contribution in [0.4, 0.5) is 9.93 Å². The summed E-state index contributed by atoms with van der Waals surface area (Å²) in [6.45, 7) is 0.984. The fraction of sp³-hybridized carbons (Fsp3) is 0.300. The number of rotatable bonds is 5. The molecule has 0 atom stereocenters. The van der Waals surface area contributed by atoms with Gasteiger partial charge in [-0.2, -0.15) is 0 Å². The summed E-state index contributed by atoms with van der Waals surface area (Å²) in [5.41, 5.74) is 3.68. The minimum absolute atomic E-state index is 0.215. The number of thiazole rings is 1. The van der Waals surface area contributed by atoms with Crippen LogP contribution in [-0.4, -0.2) is 53.2 Å². The van der Waals surface area contributed by atoms with Gasteiger partial charge in [0.25, 0.3) is 0 Å². The predicted octanol–water partition coefficient (Wildman–Crippen LogP) is 4.13. The molecule has 0 saturated heterocycles. The van der Waals surface area contributed by atoms with Gasteiger partial charge in [-0.25, -0.2) is 19.7 Å². The Morgan fingerprint density at radius 1 is 1.31 bits per heavy atom. The monoisotopic (exact) mass is 429 g/mol.